The van der Waals surface area contributed by atoms with E-state index in [9.17, 15) is 14.4 Å². The van der Waals surface area contributed by atoms with Crippen LogP contribution in [-0.2, 0) is 4.79 Å². The summed E-state index contributed by atoms with van der Waals surface area (Å²) in [6, 6.07) is 15.2. The molecule has 2 aromatic carbocycles. The highest BCUT2D eigenvalue weighted by molar-refractivity contribution is 5.95. The number of rotatable bonds is 9. The first-order valence-electron chi connectivity index (χ1n) is 9.86. The van der Waals surface area contributed by atoms with Crippen LogP contribution in [0.3, 0.4) is 0 Å². The lowest BCUT2D eigenvalue weighted by Gasteiger charge is -2.10. The minimum atomic E-state index is -0.438. The van der Waals surface area contributed by atoms with Crippen molar-refractivity contribution in [2.75, 3.05) is 18.5 Å². The van der Waals surface area contributed by atoms with E-state index < -0.39 is 17.8 Å². The minimum absolute atomic E-state index is 0.0190. The zero-order valence-electron chi connectivity index (χ0n) is 17.2. The van der Waals surface area contributed by atoms with Gasteiger partial charge in [-0.05, 0) is 48.7 Å². The molecule has 0 saturated carbocycles. The molecular formula is C22H28N4O4. The summed E-state index contributed by atoms with van der Waals surface area (Å²) in [7, 11) is 0. The Kier molecular flexibility index (Phi) is 9.18. The summed E-state index contributed by atoms with van der Waals surface area (Å²) in [5.74, 6) is 0.395. The average Bonchev–Trinajstić information content (AvgIpc) is 2.73. The standard InChI is InChI=1S/C22H28N4O4/c1-16(2)13-15-30-19-10-8-17(9-11-19)21(28)26-25-20(27)12-14-23-22(29)24-18-6-4-3-5-7-18/h3-11,16H,12-15H2,1-2H3,(H,25,27)(H,26,28)(H2,23,24,29). The van der Waals surface area contributed by atoms with Crippen LogP contribution in [0.2, 0.25) is 0 Å². The zero-order chi connectivity index (χ0) is 21.8. The van der Waals surface area contributed by atoms with E-state index in [4.69, 9.17) is 4.74 Å². The Hall–Kier alpha value is -3.55. The number of carbonyl (C=O) groups is 3. The van der Waals surface area contributed by atoms with Crippen LogP contribution in [0.25, 0.3) is 0 Å². The molecule has 0 saturated heterocycles. The summed E-state index contributed by atoms with van der Waals surface area (Å²) < 4.78 is 5.61. The van der Waals surface area contributed by atoms with E-state index in [1.54, 1.807) is 48.5 Å². The fourth-order valence-electron chi connectivity index (χ4n) is 2.36. The van der Waals surface area contributed by atoms with Crippen molar-refractivity contribution in [2.24, 2.45) is 5.92 Å². The van der Waals surface area contributed by atoms with Gasteiger partial charge in [0, 0.05) is 24.2 Å². The quantitative estimate of drug-likeness (QED) is 0.475. The Morgan fingerprint density at radius 1 is 0.933 bits per heavy atom. The van der Waals surface area contributed by atoms with E-state index in [1.807, 2.05) is 6.07 Å². The van der Waals surface area contributed by atoms with Gasteiger partial charge in [0.1, 0.15) is 5.75 Å². The highest BCUT2D eigenvalue weighted by atomic mass is 16.5. The Morgan fingerprint density at radius 3 is 2.30 bits per heavy atom. The predicted octanol–water partition coefficient (Wildman–Crippen LogP) is 3.08. The maximum atomic E-state index is 12.1. The maximum Gasteiger partial charge on any atom is 0.319 e. The van der Waals surface area contributed by atoms with E-state index in [2.05, 4.69) is 35.3 Å². The summed E-state index contributed by atoms with van der Waals surface area (Å²) in [6.07, 6.45) is 0.974. The molecule has 0 radical (unpaired) electrons. The van der Waals surface area contributed by atoms with Crippen LogP contribution >= 0.6 is 0 Å². The molecule has 0 heterocycles. The molecule has 0 aromatic heterocycles. The van der Waals surface area contributed by atoms with Crippen molar-refractivity contribution in [3.8, 4) is 5.75 Å². The number of benzene rings is 2. The van der Waals surface area contributed by atoms with Gasteiger partial charge >= 0.3 is 6.03 Å². The molecule has 0 bridgehead atoms. The van der Waals surface area contributed by atoms with Crippen LogP contribution in [0.15, 0.2) is 54.6 Å². The summed E-state index contributed by atoms with van der Waals surface area (Å²) in [5, 5.41) is 5.22. The first-order valence-corrected chi connectivity index (χ1v) is 9.86. The number of urea groups is 1. The van der Waals surface area contributed by atoms with Crippen LogP contribution in [0.1, 0.15) is 37.0 Å². The van der Waals surface area contributed by atoms with Gasteiger partial charge < -0.3 is 15.4 Å². The number of para-hydroxylation sites is 1. The van der Waals surface area contributed by atoms with Gasteiger partial charge in [0.05, 0.1) is 6.61 Å². The van der Waals surface area contributed by atoms with E-state index in [0.717, 1.165) is 6.42 Å². The Morgan fingerprint density at radius 2 is 1.63 bits per heavy atom. The molecule has 0 spiro atoms. The molecule has 0 fully saturated rings. The van der Waals surface area contributed by atoms with Gasteiger partial charge in [0.25, 0.3) is 5.91 Å². The molecule has 0 unspecified atom stereocenters. The molecule has 0 aliphatic carbocycles. The number of nitrogens with one attached hydrogen (secondary N) is 4. The van der Waals surface area contributed by atoms with Crippen molar-refractivity contribution in [1.82, 2.24) is 16.2 Å². The zero-order valence-corrected chi connectivity index (χ0v) is 17.2. The number of ether oxygens (including phenoxy) is 1. The molecule has 2 rings (SSSR count). The third-order valence-corrected chi connectivity index (χ3v) is 4.07. The highest BCUT2D eigenvalue weighted by Gasteiger charge is 2.08. The lowest BCUT2D eigenvalue weighted by molar-refractivity contribution is -0.121. The number of carbonyl (C=O) groups excluding carboxylic acids is 3. The van der Waals surface area contributed by atoms with Gasteiger partial charge in [-0.25, -0.2) is 4.79 Å². The second-order valence-electron chi connectivity index (χ2n) is 7.05. The van der Waals surface area contributed by atoms with Gasteiger partial charge in [-0.1, -0.05) is 32.0 Å². The van der Waals surface area contributed by atoms with Gasteiger partial charge in [-0.15, -0.1) is 0 Å². The van der Waals surface area contributed by atoms with Crippen LogP contribution < -0.4 is 26.2 Å². The first kappa shape index (κ1) is 22.7. The van der Waals surface area contributed by atoms with Gasteiger partial charge in [-0.3, -0.25) is 20.4 Å². The topological polar surface area (TPSA) is 109 Å². The van der Waals surface area contributed by atoms with Gasteiger partial charge in [0.2, 0.25) is 5.91 Å². The van der Waals surface area contributed by atoms with Crippen LogP contribution in [0.5, 0.6) is 5.75 Å². The van der Waals surface area contributed by atoms with E-state index in [1.165, 1.54) is 0 Å². The Balaban J connectivity index is 1.64. The summed E-state index contributed by atoms with van der Waals surface area (Å²) >= 11 is 0. The lowest BCUT2D eigenvalue weighted by Crippen LogP contribution is -2.43. The molecular weight excluding hydrogens is 384 g/mol. The number of anilines is 1. The van der Waals surface area contributed by atoms with Gasteiger partial charge in [0.15, 0.2) is 0 Å². The minimum Gasteiger partial charge on any atom is -0.494 e. The van der Waals surface area contributed by atoms with Crippen molar-refractivity contribution in [1.29, 1.82) is 0 Å². The first-order chi connectivity index (χ1) is 14.4. The molecule has 8 heteroatoms. The summed E-state index contributed by atoms with van der Waals surface area (Å²) in [4.78, 5) is 35.7. The second kappa shape index (κ2) is 12.1. The monoisotopic (exact) mass is 412 g/mol. The van der Waals surface area contributed by atoms with E-state index in [0.29, 0.717) is 29.5 Å². The third kappa shape index (κ3) is 8.64. The molecule has 0 aliphatic rings. The summed E-state index contributed by atoms with van der Waals surface area (Å²) in [6.45, 7) is 5.00. The smallest absolute Gasteiger partial charge is 0.319 e. The third-order valence-electron chi connectivity index (χ3n) is 4.07. The maximum absolute atomic E-state index is 12.1. The summed E-state index contributed by atoms with van der Waals surface area (Å²) in [5.41, 5.74) is 5.72. The van der Waals surface area contributed by atoms with Crippen LogP contribution in [-0.4, -0.2) is 31.0 Å². The lowest BCUT2D eigenvalue weighted by atomic mass is 10.1. The number of hydrogen-bond donors (Lipinski definition) is 4. The van der Waals surface area contributed by atoms with Crippen LogP contribution in [0, 0.1) is 5.92 Å². The number of hydrazine groups is 1. The molecule has 2 aromatic rings. The predicted molar refractivity (Wildman–Crippen MR) is 115 cm³/mol. The molecule has 0 atom stereocenters. The van der Waals surface area contributed by atoms with Crippen LogP contribution in [0.4, 0.5) is 10.5 Å². The molecule has 4 amide bonds. The number of amides is 4. The molecule has 160 valence electrons. The molecule has 30 heavy (non-hydrogen) atoms. The largest absolute Gasteiger partial charge is 0.494 e. The van der Waals surface area contributed by atoms with Crippen molar-refractivity contribution in [3.63, 3.8) is 0 Å². The molecule has 0 aliphatic heterocycles. The van der Waals surface area contributed by atoms with Crippen molar-refractivity contribution < 1.29 is 19.1 Å². The fraction of sp³-hybridized carbons (Fsp3) is 0.318. The van der Waals surface area contributed by atoms with Gasteiger partial charge in [-0.2, -0.15) is 0 Å². The highest BCUT2D eigenvalue weighted by Crippen LogP contribution is 2.13. The molecule has 4 N–H and O–H groups in total. The average molecular weight is 412 g/mol. The van der Waals surface area contributed by atoms with Crippen molar-refractivity contribution in [2.45, 2.75) is 26.7 Å². The SMILES string of the molecule is CC(C)CCOc1ccc(C(=O)NNC(=O)CCNC(=O)Nc2ccccc2)cc1. The Bertz CT molecular complexity index is 823. The fourth-order valence-corrected chi connectivity index (χ4v) is 2.36. The van der Waals surface area contributed by atoms with Crippen molar-refractivity contribution in [3.05, 3.63) is 60.2 Å². The number of hydrogen-bond acceptors (Lipinski definition) is 4. The van der Waals surface area contributed by atoms with Crippen molar-refractivity contribution >= 4 is 23.5 Å². The second-order valence-corrected chi connectivity index (χ2v) is 7.05. The normalized spacial score (nSPS) is 10.2. The molecule has 8 nitrogen and oxygen atoms in total. The van der Waals surface area contributed by atoms with E-state index >= 15 is 0 Å². The van der Waals surface area contributed by atoms with E-state index in [-0.39, 0.29) is 13.0 Å². The Labute approximate surface area is 176 Å².